The van der Waals surface area contributed by atoms with E-state index < -0.39 is 11.8 Å². The first-order chi connectivity index (χ1) is 9.40. The number of benzene rings is 1. The number of nitrogens with one attached hydrogen (secondary N) is 2. The highest BCUT2D eigenvalue weighted by Crippen LogP contribution is 2.13. The molecule has 2 amide bonds. The van der Waals surface area contributed by atoms with E-state index >= 15 is 0 Å². The van der Waals surface area contributed by atoms with Crippen LogP contribution in [0.2, 0.25) is 0 Å². The van der Waals surface area contributed by atoms with Crippen LogP contribution < -0.4 is 10.7 Å². The minimum Gasteiger partial charge on any atom is -0.346 e. The first kappa shape index (κ1) is 15.9. The van der Waals surface area contributed by atoms with Crippen molar-refractivity contribution in [2.45, 2.75) is 39.7 Å². The Labute approximate surface area is 119 Å². The fraction of sp³-hybridized carbons (Fsp3) is 0.400. The van der Waals surface area contributed by atoms with E-state index in [1.807, 2.05) is 24.3 Å². The van der Waals surface area contributed by atoms with Gasteiger partial charge in [-0.25, -0.2) is 5.43 Å². The van der Waals surface area contributed by atoms with Crippen LogP contribution in [-0.4, -0.2) is 24.1 Å². The monoisotopic (exact) mass is 275 g/mol. The van der Waals surface area contributed by atoms with Crippen LogP contribution in [0.25, 0.3) is 0 Å². The molecule has 0 heterocycles. The van der Waals surface area contributed by atoms with Gasteiger partial charge >= 0.3 is 11.8 Å². The van der Waals surface area contributed by atoms with Crippen LogP contribution in [0.5, 0.6) is 0 Å². The van der Waals surface area contributed by atoms with Crippen molar-refractivity contribution in [2.24, 2.45) is 5.10 Å². The Morgan fingerprint density at radius 3 is 2.15 bits per heavy atom. The highest BCUT2D eigenvalue weighted by molar-refractivity contribution is 6.35. The third-order valence-corrected chi connectivity index (χ3v) is 2.61. The molecule has 0 fully saturated rings. The molecule has 1 aromatic rings. The Hall–Kier alpha value is -2.17. The molecule has 0 saturated carbocycles. The molecule has 0 aliphatic heterocycles. The summed E-state index contributed by atoms with van der Waals surface area (Å²) in [5, 5.41) is 6.25. The van der Waals surface area contributed by atoms with Crippen LogP contribution in [0, 0.1) is 0 Å². The van der Waals surface area contributed by atoms with Crippen molar-refractivity contribution in [2.75, 3.05) is 0 Å². The zero-order chi connectivity index (χ0) is 15.1. The second kappa shape index (κ2) is 7.43. The fourth-order valence-corrected chi connectivity index (χ4v) is 1.51. The summed E-state index contributed by atoms with van der Waals surface area (Å²) in [5.74, 6) is -0.985. The minimum atomic E-state index is -0.770. The maximum atomic E-state index is 11.4. The highest BCUT2D eigenvalue weighted by atomic mass is 16.2. The van der Waals surface area contributed by atoms with E-state index in [1.54, 1.807) is 13.8 Å². The summed E-state index contributed by atoms with van der Waals surface area (Å²) in [6.45, 7) is 7.81. The molecule has 0 aliphatic rings. The second-order valence-electron chi connectivity index (χ2n) is 5.15. The molecule has 5 nitrogen and oxygen atoms in total. The predicted octanol–water partition coefficient (Wildman–Crippen LogP) is 1.78. The van der Waals surface area contributed by atoms with Gasteiger partial charge in [-0.3, -0.25) is 9.59 Å². The van der Waals surface area contributed by atoms with Gasteiger partial charge in [0.25, 0.3) is 0 Å². The van der Waals surface area contributed by atoms with E-state index in [1.165, 1.54) is 11.8 Å². The molecule has 0 spiro atoms. The zero-order valence-electron chi connectivity index (χ0n) is 12.3. The normalized spacial score (nSPS) is 11.1. The van der Waals surface area contributed by atoms with Gasteiger partial charge in [-0.15, -0.1) is 0 Å². The van der Waals surface area contributed by atoms with Gasteiger partial charge in [0.05, 0.1) is 6.21 Å². The molecule has 0 saturated heterocycles. The Balaban J connectivity index is 2.52. The van der Waals surface area contributed by atoms with E-state index in [0.717, 1.165) is 5.56 Å². The lowest BCUT2D eigenvalue weighted by Gasteiger charge is -2.06. The van der Waals surface area contributed by atoms with Crippen LogP contribution in [0.3, 0.4) is 0 Å². The van der Waals surface area contributed by atoms with Crippen LogP contribution >= 0.6 is 0 Å². The molecule has 5 heteroatoms. The summed E-state index contributed by atoms with van der Waals surface area (Å²) < 4.78 is 0. The van der Waals surface area contributed by atoms with E-state index in [2.05, 4.69) is 29.7 Å². The summed E-state index contributed by atoms with van der Waals surface area (Å²) in [6.07, 6.45) is 1.50. The number of rotatable bonds is 4. The topological polar surface area (TPSA) is 70.6 Å². The first-order valence-corrected chi connectivity index (χ1v) is 6.64. The van der Waals surface area contributed by atoms with Crippen molar-refractivity contribution in [3.8, 4) is 0 Å². The number of hydrogen-bond acceptors (Lipinski definition) is 3. The standard InChI is InChI=1S/C15H21N3O2/c1-10(2)13-7-5-12(6-8-13)9-16-18-15(20)14(19)17-11(3)4/h5-11H,1-4H3,(H,17,19)(H,18,20)/b16-9+. The van der Waals surface area contributed by atoms with Gasteiger partial charge in [-0.1, -0.05) is 38.1 Å². The van der Waals surface area contributed by atoms with Gasteiger partial charge < -0.3 is 5.32 Å². The van der Waals surface area contributed by atoms with E-state index in [4.69, 9.17) is 0 Å². The molecule has 0 aliphatic carbocycles. The maximum absolute atomic E-state index is 11.4. The Morgan fingerprint density at radius 2 is 1.65 bits per heavy atom. The number of hydrazone groups is 1. The lowest BCUT2D eigenvalue weighted by atomic mass is 10.0. The molecule has 0 aromatic heterocycles. The average molecular weight is 275 g/mol. The van der Waals surface area contributed by atoms with Crippen LogP contribution in [0.4, 0.5) is 0 Å². The van der Waals surface area contributed by atoms with Crippen molar-refractivity contribution in [1.82, 2.24) is 10.7 Å². The molecule has 20 heavy (non-hydrogen) atoms. The quantitative estimate of drug-likeness (QED) is 0.499. The molecule has 2 N–H and O–H groups in total. The molecular formula is C15H21N3O2. The number of amides is 2. The molecule has 1 rings (SSSR count). The predicted molar refractivity (Wildman–Crippen MR) is 79.5 cm³/mol. The van der Waals surface area contributed by atoms with Crippen molar-refractivity contribution < 1.29 is 9.59 Å². The SMILES string of the molecule is CC(C)NC(=O)C(=O)N/N=C/c1ccc(C(C)C)cc1. The summed E-state index contributed by atoms with van der Waals surface area (Å²) in [7, 11) is 0. The zero-order valence-corrected chi connectivity index (χ0v) is 12.3. The summed E-state index contributed by atoms with van der Waals surface area (Å²) in [4.78, 5) is 22.7. The molecule has 0 atom stereocenters. The van der Waals surface area contributed by atoms with Crippen LogP contribution in [0.15, 0.2) is 29.4 Å². The largest absolute Gasteiger partial charge is 0.346 e. The molecule has 0 radical (unpaired) electrons. The summed E-state index contributed by atoms with van der Waals surface area (Å²) in [6, 6.07) is 7.78. The van der Waals surface area contributed by atoms with Gasteiger partial charge in [0, 0.05) is 6.04 Å². The van der Waals surface area contributed by atoms with Gasteiger partial charge in [-0.05, 0) is 30.9 Å². The molecule has 108 valence electrons. The van der Waals surface area contributed by atoms with E-state index in [0.29, 0.717) is 5.92 Å². The third kappa shape index (κ3) is 5.22. The first-order valence-electron chi connectivity index (χ1n) is 6.64. The Bertz CT molecular complexity index is 490. The molecule has 0 bridgehead atoms. The molecular weight excluding hydrogens is 254 g/mol. The second-order valence-corrected chi connectivity index (χ2v) is 5.15. The van der Waals surface area contributed by atoms with Crippen molar-refractivity contribution in [3.05, 3.63) is 35.4 Å². The molecule has 1 aromatic carbocycles. The lowest BCUT2D eigenvalue weighted by molar-refractivity contribution is -0.139. The maximum Gasteiger partial charge on any atom is 0.329 e. The average Bonchev–Trinajstić information content (AvgIpc) is 2.38. The number of hydrogen-bond donors (Lipinski definition) is 2. The van der Waals surface area contributed by atoms with Gasteiger partial charge in [0.1, 0.15) is 0 Å². The van der Waals surface area contributed by atoms with Gasteiger partial charge in [0.15, 0.2) is 0 Å². The van der Waals surface area contributed by atoms with E-state index in [-0.39, 0.29) is 6.04 Å². The fourth-order valence-electron chi connectivity index (χ4n) is 1.51. The summed E-state index contributed by atoms with van der Waals surface area (Å²) >= 11 is 0. The lowest BCUT2D eigenvalue weighted by Crippen LogP contribution is -2.41. The van der Waals surface area contributed by atoms with E-state index in [9.17, 15) is 9.59 Å². The minimum absolute atomic E-state index is 0.0826. The number of nitrogens with zero attached hydrogens (tertiary/aromatic N) is 1. The molecule has 0 unspecified atom stereocenters. The smallest absolute Gasteiger partial charge is 0.329 e. The van der Waals surface area contributed by atoms with Crippen molar-refractivity contribution >= 4 is 18.0 Å². The van der Waals surface area contributed by atoms with Crippen molar-refractivity contribution in [3.63, 3.8) is 0 Å². The Kier molecular flexibility index (Phi) is 5.90. The van der Waals surface area contributed by atoms with Crippen LogP contribution in [-0.2, 0) is 9.59 Å². The van der Waals surface area contributed by atoms with Crippen molar-refractivity contribution in [1.29, 1.82) is 0 Å². The third-order valence-electron chi connectivity index (χ3n) is 2.61. The number of carbonyl (C=O) groups excluding carboxylic acids is 2. The number of carbonyl (C=O) groups is 2. The summed E-state index contributed by atoms with van der Waals surface area (Å²) in [5.41, 5.74) is 4.29. The van der Waals surface area contributed by atoms with Gasteiger partial charge in [0.2, 0.25) is 0 Å². The Morgan fingerprint density at radius 1 is 1.05 bits per heavy atom. The van der Waals surface area contributed by atoms with Crippen LogP contribution in [0.1, 0.15) is 44.7 Å². The van der Waals surface area contributed by atoms with Gasteiger partial charge in [-0.2, -0.15) is 5.10 Å². The highest BCUT2D eigenvalue weighted by Gasteiger charge is 2.12.